The molecule has 21 rings (SSSR count). The van der Waals surface area contributed by atoms with Crippen LogP contribution in [-0.4, -0.2) is 287 Å². The Balaban J connectivity index is 0.000000128. The van der Waals surface area contributed by atoms with Crippen LogP contribution in [0.1, 0.15) is 193 Å². The second-order valence-electron chi connectivity index (χ2n) is 41.5. The molecule has 0 amide bonds. The lowest BCUT2D eigenvalue weighted by molar-refractivity contribution is 0.0712. The summed E-state index contributed by atoms with van der Waals surface area (Å²) in [7, 11) is 0. The van der Waals surface area contributed by atoms with E-state index in [1.54, 1.807) is 0 Å². The minimum atomic E-state index is -0.278. The van der Waals surface area contributed by atoms with E-state index in [0.717, 1.165) is 369 Å². The molecule has 28 nitrogen and oxygen atoms in total. The predicted molar refractivity (Wildman–Crippen MR) is 589 cm³/mol. The van der Waals surface area contributed by atoms with E-state index >= 15 is 0 Å². The van der Waals surface area contributed by atoms with Crippen LogP contribution in [0.5, 0.6) is 0 Å². The average molecular weight is 1990 g/mol. The summed E-state index contributed by atoms with van der Waals surface area (Å²) in [4.78, 5) is 123. The summed E-state index contributed by atoms with van der Waals surface area (Å²) in [6, 6.07) is 57.6. The lowest BCUT2D eigenvalue weighted by Crippen LogP contribution is -2.39. The van der Waals surface area contributed by atoms with Crippen molar-refractivity contribution in [2.45, 2.75) is 193 Å². The second kappa shape index (κ2) is 52.4. The van der Waals surface area contributed by atoms with Crippen LogP contribution in [0.4, 0.5) is 0 Å². The van der Waals surface area contributed by atoms with E-state index in [-0.39, 0.29) is 83.7 Å². The van der Waals surface area contributed by atoms with Crippen molar-refractivity contribution in [1.82, 2.24) is 69.2 Å². The highest BCUT2D eigenvalue weighted by molar-refractivity contribution is 5.89. The molecule has 146 heavy (non-hydrogen) atoms. The monoisotopic (exact) mass is 1990 g/mol. The number of benzene rings is 7. The van der Waals surface area contributed by atoms with E-state index in [2.05, 4.69) is 138 Å². The number of H-pyrrole nitrogens is 7. The van der Waals surface area contributed by atoms with Gasteiger partial charge in [0.2, 0.25) is 0 Å². The molecule has 0 aliphatic carbocycles. The van der Waals surface area contributed by atoms with E-state index in [4.69, 9.17) is 20.4 Å². The number of pyridine rings is 7. The normalized spacial score (nSPS) is 19.2. The molecule has 0 radical (unpaired) electrons. The van der Waals surface area contributed by atoms with Crippen LogP contribution >= 0.6 is 0 Å². The highest BCUT2D eigenvalue weighted by Crippen LogP contribution is 2.35. The number of aliphatic hydroxyl groups is 7. The van der Waals surface area contributed by atoms with Gasteiger partial charge in [-0.15, -0.1) is 0 Å². The fraction of sp³-hybridized carbons (Fsp3) is 0.466. The maximum absolute atomic E-state index is 12.3. The molecule has 7 saturated heterocycles. The molecule has 14 aromatic rings. The van der Waals surface area contributed by atoms with Gasteiger partial charge in [0.05, 0.1) is 31.5 Å². The fourth-order valence-electron chi connectivity index (χ4n) is 22.4. The van der Waals surface area contributed by atoms with E-state index in [9.17, 15) is 48.9 Å². The molecular weight excluding hydrogens is 1840 g/mol. The van der Waals surface area contributed by atoms with Crippen LogP contribution < -0.4 is 38.9 Å². The van der Waals surface area contributed by atoms with Gasteiger partial charge in [-0.25, -0.2) is 0 Å². The number of hydrogen-bond donors (Lipinski definition) is 14. The molecule has 5 unspecified atom stereocenters. The Bertz CT molecular complexity index is 7170. The van der Waals surface area contributed by atoms with Crippen molar-refractivity contribution in [3.05, 3.63) is 322 Å². The molecule has 7 fully saturated rings. The molecule has 7 aliphatic heterocycles. The number of unbranched alkanes of at least 4 members (excludes halogenated alkanes) is 1. The number of hydrogen-bond acceptors (Lipinski definition) is 21. The van der Waals surface area contributed by atoms with E-state index in [0.29, 0.717) is 42.7 Å². The molecule has 14 heterocycles. The van der Waals surface area contributed by atoms with Gasteiger partial charge in [0.15, 0.2) is 0 Å². The number of nitrogens with one attached hydrogen (secondary N) is 7. The van der Waals surface area contributed by atoms with Crippen molar-refractivity contribution in [2.24, 2.45) is 0 Å². The van der Waals surface area contributed by atoms with Crippen LogP contribution in [0.2, 0.25) is 0 Å². The Kier molecular flexibility index (Phi) is 39.0. The van der Waals surface area contributed by atoms with Crippen molar-refractivity contribution < 1.29 is 35.7 Å². The first-order valence-corrected chi connectivity index (χ1v) is 53.0. The third-order valence-corrected chi connectivity index (χ3v) is 30.8. The lowest BCUT2D eigenvalue weighted by Gasteiger charge is -2.32. The van der Waals surface area contributed by atoms with Gasteiger partial charge in [0, 0.05) is 212 Å². The second-order valence-corrected chi connectivity index (χ2v) is 41.5. The van der Waals surface area contributed by atoms with Crippen LogP contribution in [-0.2, 0) is 12.8 Å². The zero-order valence-electron chi connectivity index (χ0n) is 86.3. The number of rotatable bonds is 24. The van der Waals surface area contributed by atoms with Gasteiger partial charge >= 0.3 is 0 Å². The molecule has 14 N–H and O–H groups in total. The minimum absolute atomic E-state index is 0.00167. The maximum Gasteiger partial charge on any atom is 0.256 e. The number of nitrogens with zero attached hydrogens (tertiary/aromatic N) is 7. The Morgan fingerprint density at radius 3 is 0.938 bits per heavy atom. The smallest absolute Gasteiger partial charge is 0.256 e. The first-order chi connectivity index (χ1) is 70.6. The minimum Gasteiger partial charge on any atom is -0.396 e. The summed E-state index contributed by atoms with van der Waals surface area (Å²) in [6.07, 6.45) is 13.9. The highest BCUT2D eigenvalue weighted by atomic mass is 16.3. The molecule has 0 saturated carbocycles. The Hall–Kier alpha value is -11.6. The van der Waals surface area contributed by atoms with Gasteiger partial charge in [-0.3, -0.25) is 33.6 Å². The third-order valence-electron chi connectivity index (χ3n) is 30.8. The Morgan fingerprint density at radius 1 is 0.274 bits per heavy atom. The van der Waals surface area contributed by atoms with Gasteiger partial charge in [-0.05, 0) is 347 Å². The molecule has 0 bridgehead atoms. The van der Waals surface area contributed by atoms with Gasteiger partial charge < -0.3 is 105 Å². The van der Waals surface area contributed by atoms with Crippen molar-refractivity contribution in [3.63, 3.8) is 0 Å². The molecule has 6 atom stereocenters. The van der Waals surface area contributed by atoms with Crippen LogP contribution in [0.25, 0.3) is 75.4 Å². The number of β-amino-alcohol motifs (C(OH)–C–C–N with tert-alkyl or cyclic N) is 5. The summed E-state index contributed by atoms with van der Waals surface area (Å²) in [5.74, 6) is 1.96. The summed E-state index contributed by atoms with van der Waals surface area (Å²) in [5, 5.41) is 77.1. The van der Waals surface area contributed by atoms with Crippen molar-refractivity contribution in [3.8, 4) is 0 Å². The zero-order valence-corrected chi connectivity index (χ0v) is 86.3. The number of fused-ring (bicyclic) bond motifs is 7. The van der Waals surface area contributed by atoms with E-state index < -0.39 is 0 Å². The zero-order chi connectivity index (χ0) is 103. The van der Waals surface area contributed by atoms with E-state index in [1.165, 1.54) is 0 Å². The van der Waals surface area contributed by atoms with Gasteiger partial charge in [0.1, 0.15) is 0 Å². The van der Waals surface area contributed by atoms with Gasteiger partial charge in [0.25, 0.3) is 38.9 Å². The van der Waals surface area contributed by atoms with E-state index in [1.807, 2.05) is 156 Å². The van der Waals surface area contributed by atoms with Gasteiger partial charge in [-0.2, -0.15) is 0 Å². The number of aromatic nitrogens is 7. The number of aromatic amines is 7. The average Bonchev–Trinajstić information content (AvgIpc) is 1.66. The molecule has 0 spiro atoms. The molecular formula is C118H152N14O14. The third kappa shape index (κ3) is 28.7. The van der Waals surface area contributed by atoms with Crippen LogP contribution in [0, 0.1) is 41.5 Å². The summed E-state index contributed by atoms with van der Waals surface area (Å²) in [6.45, 7) is 34.3. The molecule has 28 heteroatoms. The van der Waals surface area contributed by atoms with Crippen molar-refractivity contribution in [2.75, 3.05) is 164 Å². The summed E-state index contributed by atoms with van der Waals surface area (Å²) < 4.78 is 0. The first kappa shape index (κ1) is 109. The Labute approximate surface area is 853 Å². The quantitative estimate of drug-likeness (QED) is 0.0250. The SMILES string of the molecule is Cc1cccc2c(=O)[nH]c(C3CCN(CC(C)O)CC3)cc12.Cc1cccc2c(=O)[nH]c(C3CCN(CCCCO)CC3)cc12.Cc1cccc2c(=O)[nH]c(C3CCN(CCCO)C3)cc12.Cc1cccc2c(=O)[nH]c(C3CCN(CCO)C3)cc12.Cc1cccc2c(=O)[nH]c(CCN3CCCC(O)C3)cc12.Cc1cccc2c(=O)[nH]c(CCN3CC[C@H](O)C3)cc12.O=c1[nH]c(C2CCN(CCO)C2)cc2ccccc12. The van der Waals surface area contributed by atoms with Crippen molar-refractivity contribution in [1.29, 1.82) is 0 Å². The van der Waals surface area contributed by atoms with Gasteiger partial charge in [-0.1, -0.05) is 91.0 Å². The molecule has 778 valence electrons. The topological polar surface area (TPSA) is 394 Å². The fourth-order valence-corrected chi connectivity index (χ4v) is 22.4. The van der Waals surface area contributed by atoms with Crippen LogP contribution in [0.15, 0.2) is 209 Å². The number of piperidine rings is 3. The Morgan fingerprint density at radius 2 is 0.568 bits per heavy atom. The van der Waals surface area contributed by atoms with Crippen LogP contribution in [0.3, 0.4) is 0 Å². The molecule has 7 aromatic carbocycles. The molecule has 7 aliphatic rings. The number of aliphatic hydroxyl groups excluding tert-OH is 7. The first-order valence-electron chi connectivity index (χ1n) is 53.0. The lowest BCUT2D eigenvalue weighted by atomic mass is 9.91. The number of aryl methyl sites for hydroxylation is 6. The molecule has 7 aromatic heterocycles. The van der Waals surface area contributed by atoms with Crippen molar-refractivity contribution >= 4 is 75.4 Å². The predicted octanol–water partition coefficient (Wildman–Crippen LogP) is 13.4. The summed E-state index contributed by atoms with van der Waals surface area (Å²) in [5.41, 5.74) is 14.1. The highest BCUT2D eigenvalue weighted by Gasteiger charge is 2.31. The standard InChI is InChI=1S/C19H26N2O2.C18H24N2O2.2C17H22N2O2.2C16H20N2O2.C15H18N2O2/c1-14-5-4-6-16-17(14)13-18(20-19(16)23)15-7-10-21(11-8-15)9-2-3-12-22;1-12-4-3-5-15-16(12)10-17(19-18(15)22)14-6-8-20(9-7-14)11-13(2)21;1-12-4-2-6-15-16(12)10-13(18-17(15)21)7-9-19-8-3-5-14(20)11-19;1-12-4-2-5-14-15(12)10-16(18-17(14)21)13-6-8-19(11-13)7-3-9-20;1-11-3-2-4-14-15(11)9-12(17-16(14)20)5-7-18-8-6-13(19)10-18;1-11-3-2-4-13-14(11)9-15(17-16(13)20)12-5-6-18(10-12)7-8-19;18-8-7-17-6-5-12(10-17)14-9-11-3-1-2-4-13(11)15(19)16-14/h4-6,13,15,22H,2-3,7-12H2,1H3,(H,20,23);3-5,10,13-14,21H,6-9,11H2,1-2H3,(H,19,22);2,4,6,10,14,20H,3,5,7-9,11H2,1H3,(H,18,21);2,4-5,10,13,20H,3,6-9,11H2,1H3,(H,18,21);2-4,9,13,19H,5-8,10H2,1H3,(H,17,20);2-4,9,12,19H,5-8,10H2,1H3,(H,17,20);1-4,9,12,18H,5-8,10H2,(H,16,19)/t;;;;13-;;/m....0../s1. The largest absolute Gasteiger partial charge is 0.396 e. The number of likely N-dealkylation sites (tertiary alicyclic amines) is 7. The summed E-state index contributed by atoms with van der Waals surface area (Å²) >= 11 is 0. The maximum atomic E-state index is 12.3.